The topological polar surface area (TPSA) is 78.9 Å². The maximum atomic E-state index is 11.9. The Morgan fingerprint density at radius 3 is 2.44 bits per heavy atom. The number of amides is 2. The molecule has 0 aromatic carbocycles. The van der Waals surface area contributed by atoms with E-state index in [2.05, 4.69) is 5.32 Å². The summed E-state index contributed by atoms with van der Waals surface area (Å²) in [7, 11) is 0. The molecular weight excluding hydrogens is 236 g/mol. The summed E-state index contributed by atoms with van der Waals surface area (Å²) in [4.78, 5) is 24.1. The highest BCUT2D eigenvalue weighted by molar-refractivity contribution is 5.75. The zero-order chi connectivity index (χ0) is 14.0. The zero-order valence-electron chi connectivity index (χ0n) is 11.4. The minimum atomic E-state index is -0.903. The lowest BCUT2D eigenvalue weighted by Crippen LogP contribution is -2.46. The fourth-order valence-electron chi connectivity index (χ4n) is 1.50. The van der Waals surface area contributed by atoms with Crippen molar-refractivity contribution in [2.75, 3.05) is 26.3 Å². The number of nitrogens with one attached hydrogen (secondary N) is 1. The van der Waals surface area contributed by atoms with E-state index in [9.17, 15) is 9.59 Å². The first-order chi connectivity index (χ1) is 8.54. The lowest BCUT2D eigenvalue weighted by molar-refractivity contribution is -0.137. The second-order valence-electron chi connectivity index (χ2n) is 3.93. The van der Waals surface area contributed by atoms with Crippen molar-refractivity contribution in [1.29, 1.82) is 0 Å². The predicted molar refractivity (Wildman–Crippen MR) is 68.6 cm³/mol. The number of ether oxygens (including phenoxy) is 1. The van der Waals surface area contributed by atoms with Crippen molar-refractivity contribution in [2.24, 2.45) is 0 Å². The molecule has 0 aliphatic carbocycles. The molecule has 0 spiro atoms. The van der Waals surface area contributed by atoms with Gasteiger partial charge in [-0.05, 0) is 20.3 Å². The number of hydrogen-bond donors (Lipinski definition) is 2. The van der Waals surface area contributed by atoms with Crippen LogP contribution >= 0.6 is 0 Å². The average molecular weight is 260 g/mol. The quantitative estimate of drug-likeness (QED) is 0.613. The molecule has 106 valence electrons. The number of aliphatic carboxylic acids is 1. The van der Waals surface area contributed by atoms with Gasteiger partial charge in [0.15, 0.2) is 0 Å². The van der Waals surface area contributed by atoms with E-state index >= 15 is 0 Å². The first-order valence-electron chi connectivity index (χ1n) is 6.40. The molecule has 0 aromatic rings. The van der Waals surface area contributed by atoms with Crippen molar-refractivity contribution in [2.45, 2.75) is 39.7 Å². The predicted octanol–water partition coefficient (Wildman–Crippen LogP) is 1.31. The van der Waals surface area contributed by atoms with Gasteiger partial charge in [0.1, 0.15) is 0 Å². The lowest BCUT2D eigenvalue weighted by atomic mass is 10.1. The minimum absolute atomic E-state index is 0.0503. The Balaban J connectivity index is 4.18. The van der Waals surface area contributed by atoms with Gasteiger partial charge < -0.3 is 20.1 Å². The molecule has 6 heteroatoms. The van der Waals surface area contributed by atoms with Gasteiger partial charge in [-0.3, -0.25) is 4.79 Å². The maximum Gasteiger partial charge on any atom is 0.317 e. The molecular formula is C12H24N2O4. The van der Waals surface area contributed by atoms with Gasteiger partial charge in [-0.2, -0.15) is 0 Å². The lowest BCUT2D eigenvalue weighted by Gasteiger charge is -2.24. The molecule has 0 radical (unpaired) electrons. The highest BCUT2D eigenvalue weighted by Gasteiger charge is 2.17. The summed E-state index contributed by atoms with van der Waals surface area (Å²) < 4.78 is 5.20. The average Bonchev–Trinajstić information content (AvgIpc) is 2.33. The zero-order valence-corrected chi connectivity index (χ0v) is 11.4. The normalized spacial score (nSPS) is 11.9. The molecule has 0 bridgehead atoms. The Labute approximate surface area is 108 Å². The Morgan fingerprint density at radius 2 is 2.00 bits per heavy atom. The van der Waals surface area contributed by atoms with Gasteiger partial charge in [0.25, 0.3) is 0 Å². The van der Waals surface area contributed by atoms with Crippen LogP contribution in [0.2, 0.25) is 0 Å². The minimum Gasteiger partial charge on any atom is -0.481 e. The first-order valence-corrected chi connectivity index (χ1v) is 6.40. The van der Waals surface area contributed by atoms with Crippen molar-refractivity contribution in [1.82, 2.24) is 10.2 Å². The maximum absolute atomic E-state index is 11.9. The van der Waals surface area contributed by atoms with Gasteiger partial charge in [-0.1, -0.05) is 6.92 Å². The second kappa shape index (κ2) is 9.70. The van der Waals surface area contributed by atoms with Crippen molar-refractivity contribution in [3.63, 3.8) is 0 Å². The van der Waals surface area contributed by atoms with E-state index in [-0.39, 0.29) is 18.5 Å². The van der Waals surface area contributed by atoms with Crippen molar-refractivity contribution < 1.29 is 19.4 Å². The third kappa shape index (κ3) is 7.11. The third-order valence-corrected chi connectivity index (χ3v) is 2.62. The molecule has 2 N–H and O–H groups in total. The number of carboxylic acid groups (broad SMARTS) is 1. The fraction of sp³-hybridized carbons (Fsp3) is 0.833. The van der Waals surface area contributed by atoms with Crippen molar-refractivity contribution in [3.05, 3.63) is 0 Å². The number of urea groups is 1. The highest BCUT2D eigenvalue weighted by Crippen LogP contribution is 2.00. The second-order valence-corrected chi connectivity index (χ2v) is 3.93. The summed E-state index contributed by atoms with van der Waals surface area (Å²) in [6, 6.07) is -0.554. The number of likely N-dealkylation sites (N-methyl/N-ethyl adjacent to an activating group) is 1. The van der Waals surface area contributed by atoms with E-state index in [1.165, 1.54) is 0 Å². The molecule has 0 saturated heterocycles. The summed E-state index contributed by atoms with van der Waals surface area (Å²) in [5.41, 5.74) is 0. The smallest absolute Gasteiger partial charge is 0.317 e. The van der Waals surface area contributed by atoms with Crippen molar-refractivity contribution in [3.8, 4) is 0 Å². The van der Waals surface area contributed by atoms with E-state index in [0.29, 0.717) is 32.7 Å². The molecule has 1 unspecified atom stereocenters. The molecule has 0 aliphatic rings. The number of hydrogen-bond acceptors (Lipinski definition) is 3. The van der Waals surface area contributed by atoms with E-state index in [1.807, 2.05) is 20.8 Å². The summed E-state index contributed by atoms with van der Waals surface area (Å²) in [5, 5.41) is 11.4. The van der Waals surface area contributed by atoms with Crippen LogP contribution in [-0.4, -0.2) is 54.4 Å². The summed E-state index contributed by atoms with van der Waals surface area (Å²) >= 11 is 0. The summed E-state index contributed by atoms with van der Waals surface area (Å²) in [6.45, 7) is 7.83. The van der Waals surface area contributed by atoms with Crippen LogP contribution < -0.4 is 5.32 Å². The van der Waals surface area contributed by atoms with Gasteiger partial charge in [0.2, 0.25) is 0 Å². The van der Waals surface area contributed by atoms with Crippen LogP contribution in [0.4, 0.5) is 4.79 Å². The van der Waals surface area contributed by atoms with Crippen LogP contribution in [0.3, 0.4) is 0 Å². The van der Waals surface area contributed by atoms with Crippen LogP contribution in [0.5, 0.6) is 0 Å². The number of carbonyl (C=O) groups is 2. The third-order valence-electron chi connectivity index (χ3n) is 2.62. The Bertz CT molecular complexity index is 258. The molecule has 1 atom stereocenters. The van der Waals surface area contributed by atoms with E-state index in [1.54, 1.807) is 4.90 Å². The molecule has 0 rings (SSSR count). The molecule has 18 heavy (non-hydrogen) atoms. The van der Waals surface area contributed by atoms with Gasteiger partial charge >= 0.3 is 12.0 Å². The van der Waals surface area contributed by atoms with Gasteiger partial charge in [-0.15, -0.1) is 0 Å². The molecule has 0 aromatic heterocycles. The number of nitrogens with zero attached hydrogens (tertiary/aromatic N) is 1. The van der Waals surface area contributed by atoms with Gasteiger partial charge in [-0.25, -0.2) is 4.79 Å². The van der Waals surface area contributed by atoms with Gasteiger partial charge in [0, 0.05) is 25.7 Å². The number of carbonyl (C=O) groups excluding carboxylic acids is 1. The number of carboxylic acids is 1. The standard InChI is InChI=1S/C12H24N2O4/c1-4-10(9-11(15)16)13-12(17)14(5-2)7-8-18-6-3/h10H,4-9H2,1-3H3,(H,13,17)(H,15,16). The molecule has 0 saturated carbocycles. The first kappa shape index (κ1) is 16.7. The van der Waals surface area contributed by atoms with Crippen LogP contribution in [0.25, 0.3) is 0 Å². The largest absolute Gasteiger partial charge is 0.481 e. The van der Waals surface area contributed by atoms with E-state index < -0.39 is 5.97 Å². The van der Waals surface area contributed by atoms with Crippen LogP contribution in [0.1, 0.15) is 33.6 Å². The molecule has 2 amide bonds. The van der Waals surface area contributed by atoms with Crippen molar-refractivity contribution >= 4 is 12.0 Å². The SMILES string of the molecule is CCOCCN(CC)C(=O)NC(CC)CC(=O)O. The van der Waals surface area contributed by atoms with E-state index in [4.69, 9.17) is 9.84 Å². The van der Waals surface area contributed by atoms with Gasteiger partial charge in [0.05, 0.1) is 13.0 Å². The monoisotopic (exact) mass is 260 g/mol. The van der Waals surface area contributed by atoms with Crippen LogP contribution in [-0.2, 0) is 9.53 Å². The summed E-state index contributed by atoms with van der Waals surface area (Å²) in [6.07, 6.45) is 0.548. The van der Waals surface area contributed by atoms with Crippen LogP contribution in [0.15, 0.2) is 0 Å². The molecule has 0 aliphatic heterocycles. The number of rotatable bonds is 9. The van der Waals surface area contributed by atoms with E-state index in [0.717, 1.165) is 0 Å². The molecule has 6 nitrogen and oxygen atoms in total. The molecule has 0 heterocycles. The Kier molecular flexibility index (Phi) is 9.00. The Morgan fingerprint density at radius 1 is 1.33 bits per heavy atom. The van der Waals surface area contributed by atoms with Crippen LogP contribution in [0, 0.1) is 0 Å². The molecule has 0 fully saturated rings. The fourth-order valence-corrected chi connectivity index (χ4v) is 1.50. The Hall–Kier alpha value is -1.30. The summed E-state index contributed by atoms with van der Waals surface area (Å²) in [5.74, 6) is -0.903. The highest BCUT2D eigenvalue weighted by atomic mass is 16.5.